The molecule has 0 aliphatic carbocycles. The van der Waals surface area contributed by atoms with Gasteiger partial charge in [-0.05, 0) is 59.1 Å². The molecule has 0 saturated carbocycles. The summed E-state index contributed by atoms with van der Waals surface area (Å²) >= 11 is 3.25. The standard InChI is InChI=1S/C16H21BrFN3/c1-4-12-10-16(21(3)20-12)15(19-5-2)9-11-6-7-14(18)13(17)8-11/h6-8,10,15,19H,4-5,9H2,1-3H3. The van der Waals surface area contributed by atoms with Crippen LogP contribution in [0.3, 0.4) is 0 Å². The minimum Gasteiger partial charge on any atom is -0.309 e. The van der Waals surface area contributed by atoms with Gasteiger partial charge in [0, 0.05) is 7.05 Å². The van der Waals surface area contributed by atoms with E-state index in [0.29, 0.717) is 4.47 Å². The number of likely N-dealkylation sites (N-methyl/N-ethyl adjacent to an activating group) is 1. The lowest BCUT2D eigenvalue weighted by Crippen LogP contribution is -2.25. The predicted molar refractivity (Wildman–Crippen MR) is 86.8 cm³/mol. The van der Waals surface area contributed by atoms with Gasteiger partial charge in [-0.2, -0.15) is 5.10 Å². The van der Waals surface area contributed by atoms with Crippen LogP contribution in [0.2, 0.25) is 0 Å². The van der Waals surface area contributed by atoms with Crippen LogP contribution in [0.4, 0.5) is 4.39 Å². The molecule has 5 heteroatoms. The Balaban J connectivity index is 2.25. The lowest BCUT2D eigenvalue weighted by molar-refractivity contribution is 0.506. The van der Waals surface area contributed by atoms with Crippen molar-refractivity contribution in [1.29, 1.82) is 0 Å². The van der Waals surface area contributed by atoms with E-state index >= 15 is 0 Å². The molecule has 0 amide bonds. The van der Waals surface area contributed by atoms with Crippen molar-refractivity contribution in [3.63, 3.8) is 0 Å². The van der Waals surface area contributed by atoms with Crippen LogP contribution in [0.15, 0.2) is 28.7 Å². The number of rotatable bonds is 6. The summed E-state index contributed by atoms with van der Waals surface area (Å²) in [6.45, 7) is 5.07. The lowest BCUT2D eigenvalue weighted by atomic mass is 10.0. The molecule has 0 aliphatic rings. The molecule has 0 radical (unpaired) electrons. The maximum Gasteiger partial charge on any atom is 0.137 e. The van der Waals surface area contributed by atoms with Gasteiger partial charge >= 0.3 is 0 Å². The second-order valence-electron chi connectivity index (χ2n) is 5.10. The fraction of sp³-hybridized carbons (Fsp3) is 0.438. The first-order chi connectivity index (χ1) is 10.0. The Kier molecular flexibility index (Phi) is 5.53. The van der Waals surface area contributed by atoms with Crippen molar-refractivity contribution in [2.24, 2.45) is 7.05 Å². The van der Waals surface area contributed by atoms with Gasteiger partial charge in [-0.25, -0.2) is 4.39 Å². The Morgan fingerprint density at radius 3 is 2.67 bits per heavy atom. The average molecular weight is 354 g/mol. The molecule has 1 atom stereocenters. The van der Waals surface area contributed by atoms with Gasteiger partial charge in [-0.3, -0.25) is 4.68 Å². The number of nitrogens with zero attached hydrogens (tertiary/aromatic N) is 2. The van der Waals surface area contributed by atoms with E-state index in [4.69, 9.17) is 0 Å². The molecule has 2 rings (SSSR count). The van der Waals surface area contributed by atoms with Crippen molar-refractivity contribution < 1.29 is 4.39 Å². The maximum atomic E-state index is 13.3. The zero-order chi connectivity index (χ0) is 15.4. The molecular weight excluding hydrogens is 333 g/mol. The van der Waals surface area contributed by atoms with Crippen molar-refractivity contribution in [3.05, 3.63) is 51.5 Å². The smallest absolute Gasteiger partial charge is 0.137 e. The molecule has 3 nitrogen and oxygen atoms in total. The first kappa shape index (κ1) is 16.2. The Morgan fingerprint density at radius 2 is 2.10 bits per heavy atom. The van der Waals surface area contributed by atoms with Gasteiger partial charge in [0.2, 0.25) is 0 Å². The lowest BCUT2D eigenvalue weighted by Gasteiger charge is -2.18. The second kappa shape index (κ2) is 7.18. The van der Waals surface area contributed by atoms with Gasteiger partial charge in [-0.15, -0.1) is 0 Å². The highest BCUT2D eigenvalue weighted by Gasteiger charge is 2.17. The van der Waals surface area contributed by atoms with Gasteiger partial charge in [0.25, 0.3) is 0 Å². The SMILES string of the molecule is CCNC(Cc1ccc(F)c(Br)c1)c1cc(CC)nn1C. The van der Waals surface area contributed by atoms with E-state index in [1.807, 2.05) is 23.9 Å². The molecule has 1 N–H and O–H groups in total. The number of halogens is 2. The van der Waals surface area contributed by atoms with Gasteiger partial charge in [-0.1, -0.05) is 19.9 Å². The Hall–Kier alpha value is -1.20. The Labute approximate surface area is 133 Å². The third-order valence-electron chi connectivity index (χ3n) is 3.56. The predicted octanol–water partition coefficient (Wildman–Crippen LogP) is 3.78. The third kappa shape index (κ3) is 3.92. The number of aromatic nitrogens is 2. The summed E-state index contributed by atoms with van der Waals surface area (Å²) in [7, 11) is 1.97. The molecule has 0 fully saturated rings. The molecule has 21 heavy (non-hydrogen) atoms. The normalized spacial score (nSPS) is 12.6. The molecule has 0 spiro atoms. The van der Waals surface area contributed by atoms with Crippen LogP contribution in [0.5, 0.6) is 0 Å². The summed E-state index contributed by atoms with van der Waals surface area (Å²) in [5, 5.41) is 8.00. The molecule has 114 valence electrons. The molecule has 0 bridgehead atoms. The number of benzene rings is 1. The topological polar surface area (TPSA) is 29.9 Å². The molecule has 1 aromatic carbocycles. The summed E-state index contributed by atoms with van der Waals surface area (Å²) in [6.07, 6.45) is 1.73. The summed E-state index contributed by atoms with van der Waals surface area (Å²) in [4.78, 5) is 0. The summed E-state index contributed by atoms with van der Waals surface area (Å²) in [5.41, 5.74) is 3.35. The minimum absolute atomic E-state index is 0.171. The van der Waals surface area contributed by atoms with Crippen molar-refractivity contribution in [3.8, 4) is 0 Å². The fourth-order valence-electron chi connectivity index (χ4n) is 2.47. The van der Waals surface area contributed by atoms with Crippen molar-refractivity contribution in [2.75, 3.05) is 6.54 Å². The highest BCUT2D eigenvalue weighted by atomic mass is 79.9. The highest BCUT2D eigenvalue weighted by Crippen LogP contribution is 2.23. The van der Waals surface area contributed by atoms with E-state index < -0.39 is 0 Å². The zero-order valence-electron chi connectivity index (χ0n) is 12.7. The average Bonchev–Trinajstić information content (AvgIpc) is 2.83. The fourth-order valence-corrected chi connectivity index (χ4v) is 2.90. The van der Waals surface area contributed by atoms with Gasteiger partial charge in [0.1, 0.15) is 5.82 Å². The second-order valence-corrected chi connectivity index (χ2v) is 5.95. The number of hydrogen-bond donors (Lipinski definition) is 1. The van der Waals surface area contributed by atoms with Crippen LogP contribution < -0.4 is 5.32 Å². The number of aryl methyl sites for hydroxylation is 2. The van der Waals surface area contributed by atoms with E-state index in [0.717, 1.165) is 36.3 Å². The Bertz CT molecular complexity index is 610. The zero-order valence-corrected chi connectivity index (χ0v) is 14.2. The highest BCUT2D eigenvalue weighted by molar-refractivity contribution is 9.10. The molecule has 1 aromatic heterocycles. The van der Waals surface area contributed by atoms with Crippen molar-refractivity contribution in [2.45, 2.75) is 32.7 Å². The van der Waals surface area contributed by atoms with E-state index in [2.05, 4.69) is 46.3 Å². The number of nitrogens with one attached hydrogen (secondary N) is 1. The first-order valence-corrected chi connectivity index (χ1v) is 8.04. The van der Waals surface area contributed by atoms with Crippen LogP contribution in [0, 0.1) is 5.82 Å². The third-order valence-corrected chi connectivity index (χ3v) is 4.17. The van der Waals surface area contributed by atoms with Crippen LogP contribution in [-0.2, 0) is 19.9 Å². The monoisotopic (exact) mass is 353 g/mol. The van der Waals surface area contributed by atoms with Gasteiger partial charge in [0.15, 0.2) is 0 Å². The van der Waals surface area contributed by atoms with E-state index in [-0.39, 0.29) is 11.9 Å². The van der Waals surface area contributed by atoms with Crippen molar-refractivity contribution >= 4 is 15.9 Å². The Morgan fingerprint density at radius 1 is 1.33 bits per heavy atom. The summed E-state index contributed by atoms with van der Waals surface area (Å²) in [6, 6.07) is 7.50. The molecule has 1 unspecified atom stereocenters. The van der Waals surface area contributed by atoms with Crippen molar-refractivity contribution in [1.82, 2.24) is 15.1 Å². The summed E-state index contributed by atoms with van der Waals surface area (Å²) < 4.78 is 15.8. The maximum absolute atomic E-state index is 13.3. The number of hydrogen-bond acceptors (Lipinski definition) is 2. The minimum atomic E-state index is -0.229. The molecule has 1 heterocycles. The van der Waals surface area contributed by atoms with Gasteiger partial charge in [0.05, 0.1) is 21.9 Å². The van der Waals surface area contributed by atoms with E-state index in [1.165, 1.54) is 6.07 Å². The van der Waals surface area contributed by atoms with E-state index in [9.17, 15) is 4.39 Å². The largest absolute Gasteiger partial charge is 0.309 e. The van der Waals surface area contributed by atoms with E-state index in [1.54, 1.807) is 0 Å². The van der Waals surface area contributed by atoms with Crippen LogP contribution in [0.1, 0.15) is 36.8 Å². The van der Waals surface area contributed by atoms with Crippen LogP contribution in [0.25, 0.3) is 0 Å². The summed E-state index contributed by atoms with van der Waals surface area (Å²) in [5.74, 6) is -0.229. The molecule has 0 aliphatic heterocycles. The molecular formula is C16H21BrFN3. The van der Waals surface area contributed by atoms with Gasteiger partial charge < -0.3 is 5.32 Å². The first-order valence-electron chi connectivity index (χ1n) is 7.25. The molecule has 2 aromatic rings. The quantitative estimate of drug-likeness (QED) is 0.856. The van der Waals surface area contributed by atoms with Crippen LogP contribution in [-0.4, -0.2) is 16.3 Å². The molecule has 0 saturated heterocycles. The van der Waals surface area contributed by atoms with Crippen LogP contribution >= 0.6 is 15.9 Å².